The van der Waals surface area contributed by atoms with E-state index in [9.17, 15) is 0 Å². The fraction of sp³-hybridized carbons (Fsp3) is 1.00. The summed E-state index contributed by atoms with van der Waals surface area (Å²) in [6.07, 6.45) is 5.55. The van der Waals surface area contributed by atoms with Gasteiger partial charge in [0, 0.05) is 18.1 Å². The molecule has 2 unspecified atom stereocenters. The molecular weight excluding hydrogens is 160 g/mol. The predicted octanol–water partition coefficient (Wildman–Crippen LogP) is 1.61. The van der Waals surface area contributed by atoms with Gasteiger partial charge in [-0.1, -0.05) is 0 Å². The van der Waals surface area contributed by atoms with Crippen molar-refractivity contribution in [3.8, 4) is 0 Å². The Balaban J connectivity index is 1.85. The first kappa shape index (κ1) is 9.47. The molecule has 1 heterocycles. The lowest BCUT2D eigenvalue weighted by Crippen LogP contribution is -2.43. The van der Waals surface area contributed by atoms with Gasteiger partial charge in [-0.3, -0.25) is 0 Å². The van der Waals surface area contributed by atoms with Crippen molar-refractivity contribution in [3.63, 3.8) is 0 Å². The molecule has 1 aliphatic heterocycles. The largest absolute Gasteiger partial charge is 0.312 e. The fourth-order valence-electron chi connectivity index (χ4n) is 2.29. The van der Waals surface area contributed by atoms with Crippen LogP contribution in [0.5, 0.6) is 0 Å². The molecule has 2 nitrogen and oxygen atoms in total. The Morgan fingerprint density at radius 1 is 0.923 bits per heavy atom. The molecule has 0 aromatic rings. The molecule has 1 aliphatic carbocycles. The summed E-state index contributed by atoms with van der Waals surface area (Å²) in [5, 5.41) is 3.63. The Morgan fingerprint density at radius 2 is 1.46 bits per heavy atom. The van der Waals surface area contributed by atoms with Crippen molar-refractivity contribution in [1.29, 1.82) is 0 Å². The SMILES string of the molecule is CC1CCN(C2CC2)CCC(C)N1. The lowest BCUT2D eigenvalue weighted by atomic mass is 10.1. The maximum Gasteiger partial charge on any atom is 0.00964 e. The lowest BCUT2D eigenvalue weighted by Gasteiger charge is -2.30. The van der Waals surface area contributed by atoms with Gasteiger partial charge in [-0.25, -0.2) is 0 Å². The van der Waals surface area contributed by atoms with E-state index in [1.165, 1.54) is 38.8 Å². The van der Waals surface area contributed by atoms with Crippen LogP contribution in [0.3, 0.4) is 0 Å². The molecule has 0 aromatic carbocycles. The summed E-state index contributed by atoms with van der Waals surface area (Å²) >= 11 is 0. The van der Waals surface area contributed by atoms with Gasteiger partial charge in [-0.15, -0.1) is 0 Å². The van der Waals surface area contributed by atoms with E-state index in [4.69, 9.17) is 0 Å². The van der Waals surface area contributed by atoms with Gasteiger partial charge in [0.2, 0.25) is 0 Å². The molecule has 2 heteroatoms. The van der Waals surface area contributed by atoms with Crippen LogP contribution >= 0.6 is 0 Å². The third-order valence-corrected chi connectivity index (χ3v) is 3.33. The summed E-state index contributed by atoms with van der Waals surface area (Å²) < 4.78 is 0. The molecule has 2 aliphatic rings. The summed E-state index contributed by atoms with van der Waals surface area (Å²) in [4.78, 5) is 2.70. The smallest absolute Gasteiger partial charge is 0.00964 e. The Bertz CT molecular complexity index is 153. The van der Waals surface area contributed by atoms with E-state index in [-0.39, 0.29) is 0 Å². The van der Waals surface area contributed by atoms with Crippen LogP contribution in [0.25, 0.3) is 0 Å². The summed E-state index contributed by atoms with van der Waals surface area (Å²) in [7, 11) is 0. The van der Waals surface area contributed by atoms with E-state index in [2.05, 4.69) is 24.1 Å². The predicted molar refractivity (Wildman–Crippen MR) is 55.9 cm³/mol. The highest BCUT2D eigenvalue weighted by molar-refractivity contribution is 4.87. The summed E-state index contributed by atoms with van der Waals surface area (Å²) in [6.45, 7) is 7.25. The Kier molecular flexibility index (Phi) is 2.89. The van der Waals surface area contributed by atoms with Crippen molar-refractivity contribution in [3.05, 3.63) is 0 Å². The van der Waals surface area contributed by atoms with Gasteiger partial charge in [-0.2, -0.15) is 0 Å². The van der Waals surface area contributed by atoms with Crippen molar-refractivity contribution in [2.45, 2.75) is 57.7 Å². The van der Waals surface area contributed by atoms with Crippen LogP contribution < -0.4 is 5.32 Å². The standard InChI is InChI=1S/C11H22N2/c1-9-5-7-13(11-3-4-11)8-6-10(2)12-9/h9-12H,3-8H2,1-2H3. The highest BCUT2D eigenvalue weighted by Gasteiger charge is 2.29. The van der Waals surface area contributed by atoms with Crippen molar-refractivity contribution < 1.29 is 0 Å². The second-order valence-electron chi connectivity index (χ2n) is 4.81. The first-order valence-corrected chi connectivity index (χ1v) is 5.76. The molecule has 0 spiro atoms. The van der Waals surface area contributed by atoms with E-state index >= 15 is 0 Å². The minimum absolute atomic E-state index is 0.705. The minimum atomic E-state index is 0.705. The third-order valence-electron chi connectivity index (χ3n) is 3.33. The maximum absolute atomic E-state index is 3.63. The van der Waals surface area contributed by atoms with Crippen molar-refractivity contribution in [2.75, 3.05) is 13.1 Å². The average molecular weight is 182 g/mol. The topological polar surface area (TPSA) is 15.3 Å². The molecule has 1 saturated carbocycles. The number of nitrogens with one attached hydrogen (secondary N) is 1. The molecule has 1 N–H and O–H groups in total. The Hall–Kier alpha value is -0.0800. The number of hydrogen-bond acceptors (Lipinski definition) is 2. The number of hydrogen-bond donors (Lipinski definition) is 1. The van der Waals surface area contributed by atoms with Crippen LogP contribution in [0.4, 0.5) is 0 Å². The highest BCUT2D eigenvalue weighted by atomic mass is 15.2. The van der Waals surface area contributed by atoms with Crippen LogP contribution in [-0.4, -0.2) is 36.1 Å². The van der Waals surface area contributed by atoms with Crippen LogP contribution in [0.15, 0.2) is 0 Å². The summed E-state index contributed by atoms with van der Waals surface area (Å²) in [6, 6.07) is 2.37. The molecule has 0 radical (unpaired) electrons. The van der Waals surface area contributed by atoms with Crippen molar-refractivity contribution in [1.82, 2.24) is 10.2 Å². The molecule has 2 fully saturated rings. The number of rotatable bonds is 1. The molecular formula is C11H22N2. The van der Waals surface area contributed by atoms with E-state index in [0.717, 1.165) is 6.04 Å². The first-order valence-electron chi connectivity index (χ1n) is 5.76. The monoisotopic (exact) mass is 182 g/mol. The Labute approximate surface area is 81.7 Å². The van der Waals surface area contributed by atoms with Gasteiger partial charge < -0.3 is 10.2 Å². The maximum atomic E-state index is 3.63. The Morgan fingerprint density at radius 3 is 1.92 bits per heavy atom. The molecule has 0 amide bonds. The molecule has 0 aromatic heterocycles. The molecule has 13 heavy (non-hydrogen) atoms. The zero-order valence-corrected chi connectivity index (χ0v) is 8.92. The number of nitrogens with zero attached hydrogens (tertiary/aromatic N) is 1. The van der Waals surface area contributed by atoms with E-state index in [0.29, 0.717) is 12.1 Å². The lowest BCUT2D eigenvalue weighted by molar-refractivity contribution is 0.211. The van der Waals surface area contributed by atoms with Gasteiger partial charge >= 0.3 is 0 Å². The van der Waals surface area contributed by atoms with Gasteiger partial charge in [-0.05, 0) is 52.6 Å². The second-order valence-corrected chi connectivity index (χ2v) is 4.81. The normalized spacial score (nSPS) is 38.3. The zero-order valence-electron chi connectivity index (χ0n) is 8.92. The zero-order chi connectivity index (χ0) is 9.26. The van der Waals surface area contributed by atoms with E-state index in [1.807, 2.05) is 0 Å². The van der Waals surface area contributed by atoms with E-state index < -0.39 is 0 Å². The average Bonchev–Trinajstić information content (AvgIpc) is 2.84. The first-order chi connectivity index (χ1) is 6.25. The van der Waals surface area contributed by atoms with Crippen LogP contribution in [-0.2, 0) is 0 Å². The van der Waals surface area contributed by atoms with E-state index in [1.54, 1.807) is 0 Å². The third kappa shape index (κ3) is 2.68. The molecule has 2 atom stereocenters. The van der Waals surface area contributed by atoms with Gasteiger partial charge in [0.05, 0.1) is 0 Å². The van der Waals surface area contributed by atoms with Gasteiger partial charge in [0.1, 0.15) is 0 Å². The molecule has 0 bridgehead atoms. The van der Waals surface area contributed by atoms with Crippen LogP contribution in [0, 0.1) is 0 Å². The van der Waals surface area contributed by atoms with Gasteiger partial charge in [0.15, 0.2) is 0 Å². The highest BCUT2D eigenvalue weighted by Crippen LogP contribution is 2.27. The molecule has 1 saturated heterocycles. The second kappa shape index (κ2) is 3.97. The summed E-state index contributed by atoms with van der Waals surface area (Å²) in [5.74, 6) is 0. The van der Waals surface area contributed by atoms with Crippen molar-refractivity contribution >= 4 is 0 Å². The van der Waals surface area contributed by atoms with Crippen molar-refractivity contribution in [2.24, 2.45) is 0 Å². The quantitative estimate of drug-likeness (QED) is 0.663. The van der Waals surface area contributed by atoms with Crippen LogP contribution in [0.2, 0.25) is 0 Å². The fourth-order valence-corrected chi connectivity index (χ4v) is 2.29. The van der Waals surface area contributed by atoms with Crippen LogP contribution in [0.1, 0.15) is 39.5 Å². The molecule has 2 rings (SSSR count). The minimum Gasteiger partial charge on any atom is -0.312 e. The summed E-state index contributed by atoms with van der Waals surface area (Å²) in [5.41, 5.74) is 0. The van der Waals surface area contributed by atoms with Gasteiger partial charge in [0.25, 0.3) is 0 Å². The molecule has 76 valence electrons.